The summed E-state index contributed by atoms with van der Waals surface area (Å²) in [5.74, 6) is 0. The summed E-state index contributed by atoms with van der Waals surface area (Å²) in [6.45, 7) is 4.05. The van der Waals surface area contributed by atoms with Gasteiger partial charge >= 0.3 is 0 Å². The quantitative estimate of drug-likeness (QED) is 0.835. The maximum absolute atomic E-state index is 10.2. The van der Waals surface area contributed by atoms with Crippen LogP contribution in [0.4, 0.5) is 0 Å². The molecule has 0 fully saturated rings. The number of methoxy groups -OCH3 is 1. The van der Waals surface area contributed by atoms with E-state index in [1.54, 1.807) is 7.11 Å². The van der Waals surface area contributed by atoms with Gasteiger partial charge in [0, 0.05) is 16.1 Å². The fraction of sp³-hybridized carbons (Fsp3) is 0.538. The monoisotopic (exact) mass is 364 g/mol. The third kappa shape index (κ3) is 4.70. The average Bonchev–Trinajstić information content (AvgIpc) is 2.26. The van der Waals surface area contributed by atoms with E-state index >= 15 is 0 Å². The zero-order valence-electron chi connectivity index (χ0n) is 10.3. The van der Waals surface area contributed by atoms with Crippen molar-refractivity contribution >= 4 is 31.9 Å². The first kappa shape index (κ1) is 15.2. The lowest BCUT2D eigenvalue weighted by Crippen LogP contribution is -2.23. The summed E-state index contributed by atoms with van der Waals surface area (Å²) in [7, 11) is 1.70. The molecule has 2 nitrogen and oxygen atoms in total. The molecule has 1 aromatic carbocycles. The summed E-state index contributed by atoms with van der Waals surface area (Å²) < 4.78 is 7.27. The van der Waals surface area contributed by atoms with Crippen LogP contribution >= 0.6 is 31.9 Å². The molecule has 0 saturated heterocycles. The van der Waals surface area contributed by atoms with Crippen LogP contribution in [0.25, 0.3) is 0 Å². The lowest BCUT2D eigenvalue weighted by molar-refractivity contribution is 0.00272. The number of aliphatic hydroxyl groups is 1. The smallest absolute Gasteiger partial charge is 0.0802 e. The zero-order valence-corrected chi connectivity index (χ0v) is 13.5. The highest BCUT2D eigenvalue weighted by molar-refractivity contribution is 9.11. The molecule has 0 aliphatic rings. The van der Waals surface area contributed by atoms with E-state index in [1.807, 2.05) is 32.0 Å². The van der Waals surface area contributed by atoms with Crippen LogP contribution in [0.1, 0.15) is 38.4 Å². The molecule has 1 aromatic rings. The van der Waals surface area contributed by atoms with Crippen LogP contribution in [-0.4, -0.2) is 17.8 Å². The molecular weight excluding hydrogens is 348 g/mol. The average molecular weight is 366 g/mol. The van der Waals surface area contributed by atoms with Crippen molar-refractivity contribution in [3.63, 3.8) is 0 Å². The Hall–Kier alpha value is 0.1000. The Morgan fingerprint density at radius 3 is 2.53 bits per heavy atom. The molecule has 1 unspecified atom stereocenters. The summed E-state index contributed by atoms with van der Waals surface area (Å²) in [6.07, 6.45) is 1.03. The van der Waals surface area contributed by atoms with Gasteiger partial charge in [-0.15, -0.1) is 0 Å². The van der Waals surface area contributed by atoms with Gasteiger partial charge in [0.15, 0.2) is 0 Å². The van der Waals surface area contributed by atoms with Crippen LogP contribution in [0.5, 0.6) is 0 Å². The Morgan fingerprint density at radius 1 is 1.35 bits per heavy atom. The van der Waals surface area contributed by atoms with Crippen molar-refractivity contribution in [3.8, 4) is 0 Å². The summed E-state index contributed by atoms with van der Waals surface area (Å²) in [6, 6.07) is 5.81. The van der Waals surface area contributed by atoms with Crippen LogP contribution in [0, 0.1) is 0 Å². The van der Waals surface area contributed by atoms with Gasteiger partial charge in [-0.2, -0.15) is 0 Å². The third-order valence-corrected chi connectivity index (χ3v) is 4.07. The molecule has 0 aromatic heterocycles. The SMILES string of the molecule is COC(C)(C)CCC(O)c1ccc(Br)cc1Br. The highest BCUT2D eigenvalue weighted by Crippen LogP contribution is 2.31. The summed E-state index contributed by atoms with van der Waals surface area (Å²) in [4.78, 5) is 0. The van der Waals surface area contributed by atoms with E-state index < -0.39 is 6.10 Å². The highest BCUT2D eigenvalue weighted by Gasteiger charge is 2.20. The molecule has 0 aliphatic heterocycles. The topological polar surface area (TPSA) is 29.5 Å². The largest absolute Gasteiger partial charge is 0.388 e. The molecule has 96 valence electrons. The second-order valence-electron chi connectivity index (χ2n) is 4.68. The zero-order chi connectivity index (χ0) is 13.1. The van der Waals surface area contributed by atoms with Crippen molar-refractivity contribution in [1.82, 2.24) is 0 Å². The molecule has 17 heavy (non-hydrogen) atoms. The molecule has 0 saturated carbocycles. The van der Waals surface area contributed by atoms with E-state index in [-0.39, 0.29) is 5.60 Å². The van der Waals surface area contributed by atoms with Gasteiger partial charge in [-0.25, -0.2) is 0 Å². The van der Waals surface area contributed by atoms with E-state index in [1.165, 1.54) is 0 Å². The molecule has 0 amide bonds. The minimum atomic E-state index is -0.466. The van der Waals surface area contributed by atoms with Crippen LogP contribution in [0.3, 0.4) is 0 Å². The molecule has 0 heterocycles. The standard InChI is InChI=1S/C13H18Br2O2/c1-13(2,17-3)7-6-12(16)10-5-4-9(14)8-11(10)15/h4-5,8,12,16H,6-7H2,1-3H3. The second-order valence-corrected chi connectivity index (χ2v) is 6.45. The number of benzene rings is 1. The molecule has 4 heteroatoms. The number of halogens is 2. The number of hydrogen-bond donors (Lipinski definition) is 1. The predicted molar refractivity (Wildman–Crippen MR) is 77.1 cm³/mol. The van der Waals surface area contributed by atoms with Gasteiger partial charge in [-0.05, 0) is 44.4 Å². The Kier molecular flexibility index (Phi) is 5.64. The molecule has 1 atom stereocenters. The maximum Gasteiger partial charge on any atom is 0.0802 e. The Morgan fingerprint density at radius 2 is 2.00 bits per heavy atom. The Balaban J connectivity index is 2.67. The number of ether oxygens (including phenoxy) is 1. The van der Waals surface area contributed by atoms with Crippen molar-refractivity contribution in [2.75, 3.05) is 7.11 Å². The fourth-order valence-electron chi connectivity index (χ4n) is 1.51. The molecule has 1 N–H and O–H groups in total. The van der Waals surface area contributed by atoms with Crippen molar-refractivity contribution in [1.29, 1.82) is 0 Å². The number of rotatable bonds is 5. The van der Waals surface area contributed by atoms with Gasteiger partial charge in [0.05, 0.1) is 11.7 Å². The minimum Gasteiger partial charge on any atom is -0.388 e. The van der Waals surface area contributed by atoms with Gasteiger partial charge in [0.25, 0.3) is 0 Å². The van der Waals surface area contributed by atoms with E-state index in [4.69, 9.17) is 4.74 Å². The first-order chi connectivity index (χ1) is 7.85. The van der Waals surface area contributed by atoms with Gasteiger partial charge in [0.1, 0.15) is 0 Å². The van der Waals surface area contributed by atoms with Crippen molar-refractivity contribution in [3.05, 3.63) is 32.7 Å². The second kappa shape index (κ2) is 6.32. The lowest BCUT2D eigenvalue weighted by Gasteiger charge is -2.24. The van der Waals surface area contributed by atoms with E-state index in [0.29, 0.717) is 6.42 Å². The molecule has 0 radical (unpaired) electrons. The molecule has 0 aliphatic carbocycles. The summed E-state index contributed by atoms with van der Waals surface area (Å²) in [5.41, 5.74) is 0.725. The third-order valence-electron chi connectivity index (χ3n) is 2.89. The predicted octanol–water partition coefficient (Wildman–Crippen LogP) is 4.45. The first-order valence-corrected chi connectivity index (χ1v) is 7.12. The molecule has 0 bridgehead atoms. The van der Waals surface area contributed by atoms with E-state index in [9.17, 15) is 5.11 Å². The van der Waals surface area contributed by atoms with Gasteiger partial charge in [-0.3, -0.25) is 0 Å². The van der Waals surface area contributed by atoms with Crippen LogP contribution < -0.4 is 0 Å². The minimum absolute atomic E-state index is 0.192. The van der Waals surface area contributed by atoms with E-state index in [2.05, 4.69) is 31.9 Å². The van der Waals surface area contributed by atoms with Gasteiger partial charge in [-0.1, -0.05) is 37.9 Å². The van der Waals surface area contributed by atoms with Crippen molar-refractivity contribution in [2.24, 2.45) is 0 Å². The summed E-state index contributed by atoms with van der Waals surface area (Å²) >= 11 is 6.86. The molecular formula is C13H18Br2O2. The highest BCUT2D eigenvalue weighted by atomic mass is 79.9. The van der Waals surface area contributed by atoms with Crippen LogP contribution in [-0.2, 0) is 4.74 Å². The van der Waals surface area contributed by atoms with Crippen LogP contribution in [0.15, 0.2) is 27.1 Å². The number of aliphatic hydroxyl groups excluding tert-OH is 1. The molecule has 0 spiro atoms. The van der Waals surface area contributed by atoms with Gasteiger partial charge < -0.3 is 9.84 Å². The molecule has 1 rings (SSSR count). The fourth-order valence-corrected chi connectivity index (χ4v) is 2.82. The normalized spacial score (nSPS) is 13.8. The number of hydrogen-bond acceptors (Lipinski definition) is 2. The lowest BCUT2D eigenvalue weighted by atomic mass is 9.97. The van der Waals surface area contributed by atoms with Crippen molar-refractivity contribution in [2.45, 2.75) is 38.4 Å². The van der Waals surface area contributed by atoms with Crippen LogP contribution in [0.2, 0.25) is 0 Å². The maximum atomic E-state index is 10.2. The van der Waals surface area contributed by atoms with Crippen molar-refractivity contribution < 1.29 is 9.84 Å². The first-order valence-electron chi connectivity index (χ1n) is 5.54. The summed E-state index contributed by atoms with van der Waals surface area (Å²) in [5, 5.41) is 10.2. The van der Waals surface area contributed by atoms with Gasteiger partial charge in [0.2, 0.25) is 0 Å². The Bertz CT molecular complexity index is 378. The Labute approximate surface area is 120 Å². The van der Waals surface area contributed by atoms with E-state index in [0.717, 1.165) is 20.9 Å².